The van der Waals surface area contributed by atoms with E-state index in [1.54, 1.807) is 49.4 Å². The predicted octanol–water partition coefficient (Wildman–Crippen LogP) is 4.50. The van der Waals surface area contributed by atoms with Gasteiger partial charge in [-0.3, -0.25) is 13.9 Å². The van der Waals surface area contributed by atoms with E-state index in [2.05, 4.69) is 5.32 Å². The largest absolute Gasteiger partial charge is 0.352 e. The Balaban J connectivity index is 1.72. The first kappa shape index (κ1) is 27.9. The van der Waals surface area contributed by atoms with E-state index in [9.17, 15) is 22.4 Å². The van der Waals surface area contributed by atoms with Crippen LogP contribution in [0.2, 0.25) is 5.02 Å². The highest BCUT2D eigenvalue weighted by Crippen LogP contribution is 2.22. The SMILES string of the molecule is C[C@@H](C(=O)NC1CCCC1)N(Cc1ccccc1F)C(=O)CCCN(c1ccc(Cl)cc1)S(C)(=O)=O. The highest BCUT2D eigenvalue weighted by atomic mass is 35.5. The summed E-state index contributed by atoms with van der Waals surface area (Å²) in [5, 5.41) is 3.49. The van der Waals surface area contributed by atoms with Crippen molar-refractivity contribution in [3.05, 3.63) is 64.9 Å². The number of hydrogen-bond acceptors (Lipinski definition) is 4. The van der Waals surface area contributed by atoms with Crippen molar-refractivity contribution in [2.45, 2.75) is 64.1 Å². The van der Waals surface area contributed by atoms with Crippen LogP contribution in [-0.2, 0) is 26.2 Å². The molecule has 2 aromatic carbocycles. The quantitative estimate of drug-likeness (QED) is 0.457. The summed E-state index contributed by atoms with van der Waals surface area (Å²) < 4.78 is 40.3. The van der Waals surface area contributed by atoms with Gasteiger partial charge in [0.25, 0.3) is 0 Å². The summed E-state index contributed by atoms with van der Waals surface area (Å²) in [5.41, 5.74) is 0.757. The van der Waals surface area contributed by atoms with Crippen molar-refractivity contribution in [3.8, 4) is 0 Å². The van der Waals surface area contributed by atoms with Crippen molar-refractivity contribution in [1.29, 1.82) is 0 Å². The molecule has 1 N–H and O–H groups in total. The van der Waals surface area contributed by atoms with Crippen molar-refractivity contribution >= 4 is 39.1 Å². The van der Waals surface area contributed by atoms with Gasteiger partial charge in [0, 0.05) is 36.1 Å². The standard InChI is InChI=1S/C26H33ClFN3O4S/c1-19(26(33)29-22-9-4-5-10-22)30(18-20-8-3-6-11-24(20)28)25(32)12-7-17-31(36(2,34)35)23-15-13-21(27)14-16-23/h3,6,8,11,13-16,19,22H,4-5,7,9-10,12,17-18H2,1-2H3,(H,29,33)/t19-/m0/s1. The van der Waals surface area contributed by atoms with Crippen LogP contribution in [0.25, 0.3) is 0 Å². The molecule has 0 aliphatic heterocycles. The van der Waals surface area contributed by atoms with Crippen molar-refractivity contribution in [1.82, 2.24) is 10.2 Å². The lowest BCUT2D eigenvalue weighted by molar-refractivity contribution is -0.141. The lowest BCUT2D eigenvalue weighted by atomic mass is 10.1. The summed E-state index contributed by atoms with van der Waals surface area (Å²) in [5.74, 6) is -1.08. The van der Waals surface area contributed by atoms with Crippen LogP contribution in [0.1, 0.15) is 51.0 Å². The predicted molar refractivity (Wildman–Crippen MR) is 140 cm³/mol. The van der Waals surface area contributed by atoms with Gasteiger partial charge in [-0.2, -0.15) is 0 Å². The number of benzene rings is 2. The third kappa shape index (κ3) is 7.67. The van der Waals surface area contributed by atoms with Crippen LogP contribution in [0.3, 0.4) is 0 Å². The Kier molecular flexibility index (Phi) is 9.73. The molecule has 0 radical (unpaired) electrons. The monoisotopic (exact) mass is 537 g/mol. The highest BCUT2D eigenvalue weighted by Gasteiger charge is 2.29. The number of carbonyl (C=O) groups excluding carboxylic acids is 2. The summed E-state index contributed by atoms with van der Waals surface area (Å²) in [6.45, 7) is 1.65. The highest BCUT2D eigenvalue weighted by molar-refractivity contribution is 7.92. The van der Waals surface area contributed by atoms with Crippen LogP contribution in [-0.4, -0.2) is 50.0 Å². The van der Waals surface area contributed by atoms with Crippen LogP contribution in [0.5, 0.6) is 0 Å². The zero-order chi connectivity index (χ0) is 26.3. The topological polar surface area (TPSA) is 86.8 Å². The number of halogens is 2. The molecule has 0 heterocycles. The summed E-state index contributed by atoms with van der Waals surface area (Å²) in [7, 11) is -3.59. The smallest absolute Gasteiger partial charge is 0.242 e. The Morgan fingerprint density at radius 2 is 1.75 bits per heavy atom. The molecule has 2 aromatic rings. The fraction of sp³-hybridized carbons (Fsp3) is 0.462. The van der Waals surface area contributed by atoms with Gasteiger partial charge in [-0.05, 0) is 56.5 Å². The second-order valence-electron chi connectivity index (χ2n) is 9.19. The third-order valence-electron chi connectivity index (χ3n) is 6.43. The van der Waals surface area contributed by atoms with Crippen molar-refractivity contribution in [2.75, 3.05) is 17.1 Å². The number of carbonyl (C=O) groups is 2. The average molecular weight is 538 g/mol. The Labute approximate surface area is 217 Å². The Hall–Kier alpha value is -2.65. The van der Waals surface area contributed by atoms with Crippen LogP contribution in [0, 0.1) is 5.82 Å². The van der Waals surface area contributed by atoms with Crippen molar-refractivity contribution in [2.24, 2.45) is 0 Å². The van der Waals surface area contributed by atoms with Gasteiger partial charge in [-0.1, -0.05) is 42.6 Å². The van der Waals surface area contributed by atoms with Crippen LogP contribution in [0.15, 0.2) is 48.5 Å². The summed E-state index contributed by atoms with van der Waals surface area (Å²) >= 11 is 5.92. The second kappa shape index (κ2) is 12.5. The first-order valence-electron chi connectivity index (χ1n) is 12.1. The molecule has 10 heteroatoms. The number of nitrogens with zero attached hydrogens (tertiary/aromatic N) is 2. The maximum Gasteiger partial charge on any atom is 0.242 e. The molecular formula is C26H33ClFN3O4S. The molecule has 1 aliphatic carbocycles. The summed E-state index contributed by atoms with van der Waals surface area (Å²) in [4.78, 5) is 27.6. The first-order valence-corrected chi connectivity index (χ1v) is 14.4. The van der Waals surface area contributed by atoms with Crippen LogP contribution in [0.4, 0.5) is 10.1 Å². The van der Waals surface area contributed by atoms with Gasteiger partial charge >= 0.3 is 0 Å². The molecule has 0 saturated heterocycles. The zero-order valence-electron chi connectivity index (χ0n) is 20.6. The number of rotatable bonds is 11. The maximum atomic E-state index is 14.4. The lowest BCUT2D eigenvalue weighted by Gasteiger charge is -2.30. The Morgan fingerprint density at radius 3 is 2.36 bits per heavy atom. The van der Waals surface area contributed by atoms with E-state index >= 15 is 0 Å². The van der Waals surface area contributed by atoms with Gasteiger partial charge in [-0.25, -0.2) is 12.8 Å². The van der Waals surface area contributed by atoms with Gasteiger partial charge in [0.15, 0.2) is 0 Å². The maximum absolute atomic E-state index is 14.4. The number of sulfonamides is 1. The minimum Gasteiger partial charge on any atom is -0.352 e. The van der Waals surface area contributed by atoms with Gasteiger partial charge < -0.3 is 10.2 Å². The number of nitrogens with one attached hydrogen (secondary N) is 1. The normalized spacial score (nSPS) is 14.9. The molecule has 7 nitrogen and oxygen atoms in total. The molecule has 3 rings (SSSR count). The molecule has 1 fully saturated rings. The molecule has 0 bridgehead atoms. The molecule has 196 valence electrons. The van der Waals surface area contributed by atoms with E-state index in [1.165, 1.54) is 15.3 Å². The van der Waals surface area contributed by atoms with Crippen LogP contribution < -0.4 is 9.62 Å². The molecule has 1 saturated carbocycles. The fourth-order valence-corrected chi connectivity index (χ4v) is 5.49. The molecule has 1 atom stereocenters. The van der Waals surface area contributed by atoms with Gasteiger partial charge in [0.05, 0.1) is 11.9 Å². The Morgan fingerprint density at radius 1 is 1.11 bits per heavy atom. The Bertz CT molecular complexity index is 1150. The summed E-state index contributed by atoms with van der Waals surface area (Å²) in [6.07, 6.45) is 5.25. The molecular weight excluding hydrogens is 505 g/mol. The number of hydrogen-bond donors (Lipinski definition) is 1. The molecule has 36 heavy (non-hydrogen) atoms. The second-order valence-corrected chi connectivity index (χ2v) is 11.5. The van der Waals surface area contributed by atoms with Gasteiger partial charge in [0.2, 0.25) is 21.8 Å². The minimum absolute atomic E-state index is 0.00485. The molecule has 2 amide bonds. The van der Waals surface area contributed by atoms with E-state index in [1.807, 2.05) is 0 Å². The molecule has 0 spiro atoms. The minimum atomic E-state index is -3.59. The van der Waals surface area contributed by atoms with Gasteiger partial charge in [0.1, 0.15) is 11.9 Å². The summed E-state index contributed by atoms with van der Waals surface area (Å²) in [6, 6.07) is 11.8. The molecule has 1 aliphatic rings. The van der Waals surface area contributed by atoms with Crippen LogP contribution >= 0.6 is 11.6 Å². The molecule has 0 unspecified atom stereocenters. The van der Waals surface area contributed by atoms with E-state index < -0.39 is 21.9 Å². The number of anilines is 1. The fourth-order valence-electron chi connectivity index (χ4n) is 4.40. The van der Waals surface area contributed by atoms with E-state index in [0.29, 0.717) is 16.3 Å². The van der Waals surface area contributed by atoms with Crippen molar-refractivity contribution in [3.63, 3.8) is 0 Å². The molecule has 0 aromatic heterocycles. The van der Waals surface area contributed by atoms with Gasteiger partial charge in [-0.15, -0.1) is 0 Å². The third-order valence-corrected chi connectivity index (χ3v) is 7.88. The van der Waals surface area contributed by atoms with E-state index in [-0.39, 0.29) is 43.8 Å². The van der Waals surface area contributed by atoms with Crippen molar-refractivity contribution < 1.29 is 22.4 Å². The number of amides is 2. The zero-order valence-corrected chi connectivity index (χ0v) is 22.2. The first-order chi connectivity index (χ1) is 17.1. The van der Waals surface area contributed by atoms with E-state index in [4.69, 9.17) is 11.6 Å². The van der Waals surface area contributed by atoms with E-state index in [0.717, 1.165) is 31.9 Å². The lowest BCUT2D eigenvalue weighted by Crippen LogP contribution is -2.49. The average Bonchev–Trinajstić information content (AvgIpc) is 3.34.